The molecule has 1 aromatic carbocycles. The van der Waals surface area contributed by atoms with E-state index in [1.807, 2.05) is 24.3 Å². The number of methoxy groups -OCH3 is 1. The summed E-state index contributed by atoms with van der Waals surface area (Å²) in [5.74, 6) is 0. The summed E-state index contributed by atoms with van der Waals surface area (Å²) in [4.78, 5) is 13.3. The maximum absolute atomic E-state index is 11.7. The highest BCUT2D eigenvalue weighted by Gasteiger charge is 2.07. The van der Waals surface area contributed by atoms with Crippen LogP contribution in [-0.4, -0.2) is 38.2 Å². The first-order chi connectivity index (χ1) is 8.17. The highest BCUT2D eigenvalue weighted by atomic mass is 16.5. The molecule has 1 aromatic rings. The molecule has 0 bridgehead atoms. The van der Waals surface area contributed by atoms with E-state index >= 15 is 0 Å². The zero-order valence-corrected chi connectivity index (χ0v) is 10.7. The second kappa shape index (κ2) is 6.91. The Morgan fingerprint density at radius 3 is 2.53 bits per heavy atom. The number of amides is 2. The van der Waals surface area contributed by atoms with E-state index in [9.17, 15) is 4.79 Å². The van der Waals surface area contributed by atoms with Gasteiger partial charge in [-0.2, -0.15) is 0 Å². The third-order valence-electron chi connectivity index (χ3n) is 2.59. The second-order valence-corrected chi connectivity index (χ2v) is 3.89. The van der Waals surface area contributed by atoms with Crippen LogP contribution >= 0.6 is 0 Å². The monoisotopic (exact) mass is 236 g/mol. The first-order valence-corrected chi connectivity index (χ1v) is 5.77. The highest BCUT2D eigenvalue weighted by Crippen LogP contribution is 2.10. The fraction of sp³-hybridized carbons (Fsp3) is 0.462. The van der Waals surface area contributed by atoms with Gasteiger partial charge in [0.25, 0.3) is 0 Å². The molecule has 17 heavy (non-hydrogen) atoms. The number of urea groups is 1. The molecule has 94 valence electrons. The van der Waals surface area contributed by atoms with E-state index < -0.39 is 0 Å². The summed E-state index contributed by atoms with van der Waals surface area (Å²) in [7, 11) is 3.37. The fourth-order valence-corrected chi connectivity index (χ4v) is 1.37. The Labute approximate surface area is 103 Å². The Morgan fingerprint density at radius 1 is 1.35 bits per heavy atom. The van der Waals surface area contributed by atoms with Gasteiger partial charge in [0.2, 0.25) is 0 Å². The molecular formula is C13H20N2O2. The summed E-state index contributed by atoms with van der Waals surface area (Å²) in [6.07, 6.45) is 1.00. The van der Waals surface area contributed by atoms with Gasteiger partial charge in [-0.05, 0) is 24.1 Å². The molecule has 0 spiro atoms. The van der Waals surface area contributed by atoms with Crippen LogP contribution in [0.1, 0.15) is 12.5 Å². The van der Waals surface area contributed by atoms with Crippen LogP contribution in [0.2, 0.25) is 0 Å². The van der Waals surface area contributed by atoms with E-state index in [0.717, 1.165) is 12.1 Å². The molecule has 0 saturated carbocycles. The Hall–Kier alpha value is -1.55. The fourth-order valence-electron chi connectivity index (χ4n) is 1.37. The van der Waals surface area contributed by atoms with Crippen LogP contribution in [0.4, 0.5) is 10.5 Å². The molecule has 4 heteroatoms. The van der Waals surface area contributed by atoms with Crippen LogP contribution in [0.15, 0.2) is 24.3 Å². The number of benzene rings is 1. The second-order valence-electron chi connectivity index (χ2n) is 3.89. The summed E-state index contributed by atoms with van der Waals surface area (Å²) in [6.45, 7) is 3.22. The Bertz CT molecular complexity index is 349. The van der Waals surface area contributed by atoms with Gasteiger partial charge in [-0.1, -0.05) is 19.1 Å². The minimum Gasteiger partial charge on any atom is -0.383 e. The van der Waals surface area contributed by atoms with Crippen LogP contribution in [0.3, 0.4) is 0 Å². The molecule has 0 radical (unpaired) electrons. The third kappa shape index (κ3) is 4.44. The number of nitrogens with zero attached hydrogens (tertiary/aromatic N) is 1. The number of ether oxygens (including phenoxy) is 1. The number of anilines is 1. The maximum Gasteiger partial charge on any atom is 0.321 e. The largest absolute Gasteiger partial charge is 0.383 e. The van der Waals surface area contributed by atoms with Gasteiger partial charge in [-0.15, -0.1) is 0 Å². The van der Waals surface area contributed by atoms with Crippen LogP contribution in [0.5, 0.6) is 0 Å². The molecule has 1 rings (SSSR count). The van der Waals surface area contributed by atoms with E-state index in [2.05, 4.69) is 12.2 Å². The molecule has 0 atom stereocenters. The molecule has 2 amide bonds. The molecule has 0 fully saturated rings. The lowest BCUT2D eigenvalue weighted by molar-refractivity contribution is 0.165. The summed E-state index contributed by atoms with van der Waals surface area (Å²) in [5, 5.41) is 2.83. The number of likely N-dealkylation sites (N-methyl/N-ethyl adjacent to an activating group) is 1. The predicted molar refractivity (Wildman–Crippen MR) is 69.3 cm³/mol. The van der Waals surface area contributed by atoms with Crippen LogP contribution in [0.25, 0.3) is 0 Å². The number of rotatable bonds is 5. The van der Waals surface area contributed by atoms with Crippen LogP contribution in [-0.2, 0) is 11.2 Å². The van der Waals surface area contributed by atoms with Crippen molar-refractivity contribution in [1.29, 1.82) is 0 Å². The van der Waals surface area contributed by atoms with E-state index in [1.165, 1.54) is 5.56 Å². The zero-order chi connectivity index (χ0) is 12.7. The van der Waals surface area contributed by atoms with Gasteiger partial charge in [-0.25, -0.2) is 4.79 Å². The summed E-state index contributed by atoms with van der Waals surface area (Å²) in [6, 6.07) is 7.75. The van der Waals surface area contributed by atoms with Gasteiger partial charge in [0, 0.05) is 26.4 Å². The van der Waals surface area contributed by atoms with Crippen molar-refractivity contribution in [3.8, 4) is 0 Å². The van der Waals surface area contributed by atoms with Gasteiger partial charge in [0.05, 0.1) is 6.61 Å². The predicted octanol–water partition coefficient (Wildman–Crippen LogP) is 2.36. The minimum atomic E-state index is -0.119. The topological polar surface area (TPSA) is 41.6 Å². The molecule has 1 N–H and O–H groups in total. The SMILES string of the molecule is CCc1ccc(NC(=O)N(C)CCOC)cc1. The van der Waals surface area contributed by atoms with Crippen molar-refractivity contribution < 1.29 is 9.53 Å². The molecule has 0 saturated heterocycles. The van der Waals surface area contributed by atoms with Crippen LogP contribution < -0.4 is 5.32 Å². The van der Waals surface area contributed by atoms with Gasteiger partial charge >= 0.3 is 6.03 Å². The summed E-state index contributed by atoms with van der Waals surface area (Å²) >= 11 is 0. The van der Waals surface area contributed by atoms with E-state index in [1.54, 1.807) is 19.1 Å². The Balaban J connectivity index is 2.49. The van der Waals surface area contributed by atoms with Gasteiger partial charge in [0.1, 0.15) is 0 Å². The van der Waals surface area contributed by atoms with E-state index in [0.29, 0.717) is 13.2 Å². The molecule has 0 aromatic heterocycles. The van der Waals surface area contributed by atoms with Crippen molar-refractivity contribution in [2.24, 2.45) is 0 Å². The lowest BCUT2D eigenvalue weighted by Crippen LogP contribution is -2.33. The Kier molecular flexibility index (Phi) is 5.49. The quantitative estimate of drug-likeness (QED) is 0.852. The molecule has 4 nitrogen and oxygen atoms in total. The van der Waals surface area contributed by atoms with Gasteiger partial charge < -0.3 is 15.0 Å². The summed E-state index contributed by atoms with van der Waals surface area (Å²) < 4.78 is 4.92. The molecule has 0 aliphatic heterocycles. The molecule has 0 unspecified atom stereocenters. The number of nitrogens with one attached hydrogen (secondary N) is 1. The van der Waals surface area contributed by atoms with Crippen molar-refractivity contribution in [3.63, 3.8) is 0 Å². The smallest absolute Gasteiger partial charge is 0.321 e. The highest BCUT2D eigenvalue weighted by molar-refractivity contribution is 5.89. The third-order valence-corrected chi connectivity index (χ3v) is 2.59. The van der Waals surface area contributed by atoms with Gasteiger partial charge in [0.15, 0.2) is 0 Å². The number of carbonyl (C=O) groups excluding carboxylic acids is 1. The normalized spacial score (nSPS) is 10.1. The molecule has 0 heterocycles. The maximum atomic E-state index is 11.7. The van der Waals surface area contributed by atoms with Crippen molar-refractivity contribution >= 4 is 11.7 Å². The zero-order valence-electron chi connectivity index (χ0n) is 10.7. The standard InChI is InChI=1S/C13H20N2O2/c1-4-11-5-7-12(8-6-11)14-13(16)15(2)9-10-17-3/h5-8H,4,9-10H2,1-3H3,(H,14,16). The average Bonchev–Trinajstić information content (AvgIpc) is 2.36. The van der Waals surface area contributed by atoms with Gasteiger partial charge in [-0.3, -0.25) is 0 Å². The van der Waals surface area contributed by atoms with Crippen molar-refractivity contribution in [2.75, 3.05) is 32.6 Å². The number of carbonyl (C=O) groups is 1. The average molecular weight is 236 g/mol. The molecule has 0 aliphatic rings. The Morgan fingerprint density at radius 2 is 2.00 bits per heavy atom. The molecular weight excluding hydrogens is 216 g/mol. The van der Waals surface area contributed by atoms with E-state index in [-0.39, 0.29) is 6.03 Å². The van der Waals surface area contributed by atoms with Crippen molar-refractivity contribution in [2.45, 2.75) is 13.3 Å². The first-order valence-electron chi connectivity index (χ1n) is 5.77. The number of hydrogen-bond donors (Lipinski definition) is 1. The van der Waals surface area contributed by atoms with E-state index in [4.69, 9.17) is 4.74 Å². The van der Waals surface area contributed by atoms with Crippen molar-refractivity contribution in [3.05, 3.63) is 29.8 Å². The van der Waals surface area contributed by atoms with Crippen LogP contribution in [0, 0.1) is 0 Å². The first kappa shape index (κ1) is 13.5. The summed E-state index contributed by atoms with van der Waals surface area (Å²) in [5.41, 5.74) is 2.08. The lowest BCUT2D eigenvalue weighted by atomic mass is 10.1. The number of hydrogen-bond acceptors (Lipinski definition) is 2. The lowest BCUT2D eigenvalue weighted by Gasteiger charge is -2.17. The minimum absolute atomic E-state index is 0.119. The molecule has 0 aliphatic carbocycles. The number of aryl methyl sites for hydroxylation is 1. The van der Waals surface area contributed by atoms with Crippen molar-refractivity contribution in [1.82, 2.24) is 4.90 Å².